The third-order valence-corrected chi connectivity index (χ3v) is 4.22. The fourth-order valence-electron chi connectivity index (χ4n) is 2.55. The molecule has 31 heavy (non-hydrogen) atoms. The van der Waals surface area contributed by atoms with Gasteiger partial charge in [-0.15, -0.1) is 0 Å². The molecule has 156 valence electrons. The zero-order chi connectivity index (χ0) is 21.9. The van der Waals surface area contributed by atoms with Crippen molar-refractivity contribution >= 4 is 46.4 Å². The molecule has 0 unspecified atom stereocenters. The van der Waals surface area contributed by atoms with Crippen LogP contribution in [0.25, 0.3) is 6.08 Å². The molecule has 0 saturated carbocycles. The number of amides is 1. The first kappa shape index (κ1) is 21.9. The molecule has 0 aliphatic rings. The Balaban J connectivity index is 1.48. The molecule has 0 fully saturated rings. The Hall–Kier alpha value is -3.84. The fraction of sp³-hybridized carbons (Fsp3) is 0.0833. The van der Waals surface area contributed by atoms with Crippen LogP contribution >= 0.6 is 12.2 Å². The third kappa shape index (κ3) is 7.49. The number of azo groups is 1. The van der Waals surface area contributed by atoms with Crippen molar-refractivity contribution in [1.82, 2.24) is 5.32 Å². The van der Waals surface area contributed by atoms with Crippen LogP contribution in [0.1, 0.15) is 12.5 Å². The van der Waals surface area contributed by atoms with Gasteiger partial charge in [-0.3, -0.25) is 10.1 Å². The lowest BCUT2D eigenvalue weighted by molar-refractivity contribution is -0.115. The summed E-state index contributed by atoms with van der Waals surface area (Å²) in [5, 5.41) is 14.2. The van der Waals surface area contributed by atoms with Crippen LogP contribution in [0, 0.1) is 0 Å². The van der Waals surface area contributed by atoms with E-state index in [1.165, 1.54) is 6.08 Å². The number of nitrogens with zero attached hydrogens (tertiary/aromatic N) is 2. The van der Waals surface area contributed by atoms with Crippen molar-refractivity contribution in [3.05, 3.63) is 90.5 Å². The number of nitrogens with one attached hydrogen (secondary N) is 2. The van der Waals surface area contributed by atoms with Crippen molar-refractivity contribution < 1.29 is 9.53 Å². The van der Waals surface area contributed by atoms with E-state index in [0.29, 0.717) is 12.3 Å². The van der Waals surface area contributed by atoms with E-state index in [2.05, 4.69) is 20.9 Å². The second-order valence-corrected chi connectivity index (χ2v) is 6.77. The molecule has 0 aliphatic carbocycles. The topological polar surface area (TPSA) is 75.1 Å². The Morgan fingerprint density at radius 3 is 2.23 bits per heavy atom. The lowest BCUT2D eigenvalue weighted by Crippen LogP contribution is -2.32. The van der Waals surface area contributed by atoms with Gasteiger partial charge in [0.2, 0.25) is 5.91 Å². The maximum absolute atomic E-state index is 12.1. The number of rotatable bonds is 7. The molecule has 6 nitrogen and oxygen atoms in total. The van der Waals surface area contributed by atoms with Crippen molar-refractivity contribution in [2.24, 2.45) is 10.2 Å². The monoisotopic (exact) mass is 430 g/mol. The van der Waals surface area contributed by atoms with E-state index in [9.17, 15) is 4.79 Å². The predicted octanol–water partition coefficient (Wildman–Crippen LogP) is 6.03. The van der Waals surface area contributed by atoms with Crippen LogP contribution in [-0.4, -0.2) is 17.6 Å². The van der Waals surface area contributed by atoms with Crippen LogP contribution < -0.4 is 15.4 Å². The average Bonchev–Trinajstić information content (AvgIpc) is 2.79. The Labute approximate surface area is 186 Å². The van der Waals surface area contributed by atoms with E-state index in [0.717, 1.165) is 22.7 Å². The number of carbonyl (C=O) groups excluding carboxylic acids is 1. The number of hydrogen-bond acceptors (Lipinski definition) is 5. The summed E-state index contributed by atoms with van der Waals surface area (Å²) in [7, 11) is 0. The van der Waals surface area contributed by atoms with Gasteiger partial charge in [-0.05, 0) is 79.3 Å². The summed E-state index contributed by atoms with van der Waals surface area (Å²) >= 11 is 5.20. The first-order valence-electron chi connectivity index (χ1n) is 9.72. The number of carbonyl (C=O) groups is 1. The van der Waals surface area contributed by atoms with Gasteiger partial charge in [-0.2, -0.15) is 10.2 Å². The maximum Gasteiger partial charge on any atom is 0.250 e. The molecule has 3 aromatic rings. The molecule has 0 saturated heterocycles. The average molecular weight is 431 g/mol. The molecule has 1 amide bonds. The van der Waals surface area contributed by atoms with E-state index in [1.807, 2.05) is 85.8 Å². The maximum atomic E-state index is 12.1. The van der Waals surface area contributed by atoms with Crippen LogP contribution in [0.15, 0.2) is 95.2 Å². The second kappa shape index (κ2) is 11.4. The minimum absolute atomic E-state index is 0.208. The highest BCUT2D eigenvalue weighted by Gasteiger charge is 2.02. The van der Waals surface area contributed by atoms with Gasteiger partial charge >= 0.3 is 0 Å². The molecule has 3 aromatic carbocycles. The van der Waals surface area contributed by atoms with E-state index < -0.39 is 0 Å². The number of benzene rings is 3. The standard InChI is InChI=1S/C24H22N4O2S/c1-2-30-22-15-8-18(9-16-22)10-17-23(29)26-24(31)25-19-11-13-21(14-12-19)28-27-20-6-4-3-5-7-20/h3-17H,2H2,1H3,(H2,25,26,29,31)/b17-10+,28-27?. The minimum Gasteiger partial charge on any atom is -0.494 e. The van der Waals surface area contributed by atoms with Crippen LogP contribution in [-0.2, 0) is 4.79 Å². The lowest BCUT2D eigenvalue weighted by atomic mass is 10.2. The highest BCUT2D eigenvalue weighted by atomic mass is 32.1. The van der Waals surface area contributed by atoms with E-state index >= 15 is 0 Å². The van der Waals surface area contributed by atoms with Crippen LogP contribution in [0.5, 0.6) is 5.75 Å². The summed E-state index contributed by atoms with van der Waals surface area (Å²) < 4.78 is 5.40. The summed E-state index contributed by atoms with van der Waals surface area (Å²) in [5.74, 6) is 0.474. The highest BCUT2D eigenvalue weighted by Crippen LogP contribution is 2.20. The fourth-order valence-corrected chi connectivity index (χ4v) is 2.77. The van der Waals surface area contributed by atoms with Gasteiger partial charge in [0.25, 0.3) is 0 Å². The van der Waals surface area contributed by atoms with Gasteiger partial charge < -0.3 is 10.1 Å². The smallest absolute Gasteiger partial charge is 0.250 e. The van der Waals surface area contributed by atoms with Gasteiger partial charge in [0.1, 0.15) is 5.75 Å². The summed E-state index contributed by atoms with van der Waals surface area (Å²) in [4.78, 5) is 12.1. The molecule has 0 radical (unpaired) electrons. The predicted molar refractivity (Wildman–Crippen MR) is 128 cm³/mol. The highest BCUT2D eigenvalue weighted by molar-refractivity contribution is 7.80. The summed E-state index contributed by atoms with van der Waals surface area (Å²) in [6.07, 6.45) is 3.14. The lowest BCUT2D eigenvalue weighted by Gasteiger charge is -2.08. The molecule has 0 spiro atoms. The summed E-state index contributed by atoms with van der Waals surface area (Å²) in [6, 6.07) is 24.2. The number of ether oxygens (including phenoxy) is 1. The van der Waals surface area contributed by atoms with Crippen molar-refractivity contribution in [1.29, 1.82) is 0 Å². The Morgan fingerprint density at radius 2 is 1.58 bits per heavy atom. The zero-order valence-corrected chi connectivity index (χ0v) is 17.8. The summed E-state index contributed by atoms with van der Waals surface area (Å²) in [6.45, 7) is 2.54. The second-order valence-electron chi connectivity index (χ2n) is 6.36. The molecular formula is C24H22N4O2S. The van der Waals surface area contributed by atoms with E-state index in [1.54, 1.807) is 6.08 Å². The van der Waals surface area contributed by atoms with Gasteiger partial charge in [0.15, 0.2) is 5.11 Å². The first-order valence-corrected chi connectivity index (χ1v) is 10.1. The molecule has 0 aromatic heterocycles. The summed E-state index contributed by atoms with van der Waals surface area (Å²) in [5.41, 5.74) is 3.12. The quantitative estimate of drug-likeness (QED) is 0.273. The molecule has 0 bridgehead atoms. The molecule has 2 N–H and O–H groups in total. The third-order valence-electron chi connectivity index (χ3n) is 4.02. The Bertz CT molecular complexity index is 1060. The molecule has 0 heterocycles. The van der Waals surface area contributed by atoms with Crippen molar-refractivity contribution in [2.75, 3.05) is 11.9 Å². The van der Waals surface area contributed by atoms with Crippen LogP contribution in [0.2, 0.25) is 0 Å². The molecule has 0 atom stereocenters. The van der Waals surface area contributed by atoms with Crippen molar-refractivity contribution in [2.45, 2.75) is 6.92 Å². The number of hydrogen-bond donors (Lipinski definition) is 2. The molecule has 7 heteroatoms. The Morgan fingerprint density at radius 1 is 0.935 bits per heavy atom. The molecule has 3 rings (SSSR count). The van der Waals surface area contributed by atoms with E-state index in [4.69, 9.17) is 17.0 Å². The van der Waals surface area contributed by atoms with Gasteiger partial charge in [0.05, 0.1) is 18.0 Å². The van der Waals surface area contributed by atoms with Gasteiger partial charge in [-0.1, -0.05) is 30.3 Å². The number of anilines is 1. The van der Waals surface area contributed by atoms with Crippen LogP contribution in [0.3, 0.4) is 0 Å². The van der Waals surface area contributed by atoms with Gasteiger partial charge in [-0.25, -0.2) is 0 Å². The van der Waals surface area contributed by atoms with Gasteiger partial charge in [0, 0.05) is 11.8 Å². The van der Waals surface area contributed by atoms with Crippen molar-refractivity contribution in [3.8, 4) is 5.75 Å². The van der Waals surface area contributed by atoms with Crippen molar-refractivity contribution in [3.63, 3.8) is 0 Å². The molecular weight excluding hydrogens is 408 g/mol. The first-order chi connectivity index (χ1) is 15.1. The van der Waals surface area contributed by atoms with E-state index in [-0.39, 0.29) is 11.0 Å². The minimum atomic E-state index is -0.320. The molecule has 0 aliphatic heterocycles. The largest absolute Gasteiger partial charge is 0.494 e. The van der Waals surface area contributed by atoms with Crippen LogP contribution in [0.4, 0.5) is 17.1 Å². The SMILES string of the molecule is CCOc1ccc(/C=C/C(=O)NC(=S)Nc2ccc(N=Nc3ccccc3)cc2)cc1. The zero-order valence-electron chi connectivity index (χ0n) is 17.0. The normalized spacial score (nSPS) is 10.9. The number of thiocarbonyl (C=S) groups is 1. The Kier molecular flexibility index (Phi) is 8.02.